The average Bonchev–Trinajstić information content (AvgIpc) is 2.56. The van der Waals surface area contributed by atoms with Crippen LogP contribution in [0, 0.1) is 6.92 Å². The lowest BCUT2D eigenvalue weighted by Gasteiger charge is -2.39. The van der Waals surface area contributed by atoms with E-state index in [0.29, 0.717) is 18.5 Å². The molecule has 2 aliphatic rings. The second-order valence-electron chi connectivity index (χ2n) is 6.98. The topological polar surface area (TPSA) is 26.8 Å². The summed E-state index contributed by atoms with van der Waals surface area (Å²) in [6.45, 7) is 9.86. The lowest BCUT2D eigenvalue weighted by molar-refractivity contribution is -0.135. The van der Waals surface area contributed by atoms with E-state index in [4.69, 9.17) is 0 Å². The van der Waals surface area contributed by atoms with Crippen LogP contribution in [0.5, 0.6) is 0 Å². The van der Waals surface area contributed by atoms with Crippen molar-refractivity contribution in [1.82, 2.24) is 9.80 Å². The highest BCUT2D eigenvalue weighted by atomic mass is 16.2. The summed E-state index contributed by atoms with van der Waals surface area (Å²) in [4.78, 5) is 19.4. The normalized spacial score (nSPS) is 23.1. The lowest BCUT2D eigenvalue weighted by Crippen LogP contribution is -2.52. The van der Waals surface area contributed by atoms with E-state index >= 15 is 0 Å². The summed E-state index contributed by atoms with van der Waals surface area (Å²) in [6.07, 6.45) is 3.59. The van der Waals surface area contributed by atoms with Crippen LogP contribution in [0.4, 0.5) is 5.69 Å². The molecule has 23 heavy (non-hydrogen) atoms. The molecule has 0 saturated carbocycles. The van der Waals surface area contributed by atoms with Crippen LogP contribution in [0.1, 0.15) is 31.7 Å². The standard InChI is InChI=1S/C19H29N3O/c1-16-7-3-4-9-18(16)21-13-11-20(12-14-21)15-19(23)22-10-6-5-8-17(22)2/h3-4,7,9,17H,5-6,8,10-15H2,1-2H3/t17-/m0/s1. The number of aryl methyl sites for hydroxylation is 1. The number of carbonyl (C=O) groups excluding carboxylic acids is 1. The highest BCUT2D eigenvalue weighted by Gasteiger charge is 2.26. The SMILES string of the molecule is Cc1ccccc1N1CCN(CC(=O)N2CCCC[C@@H]2C)CC1. The maximum absolute atomic E-state index is 12.6. The molecule has 0 spiro atoms. The predicted molar refractivity (Wildman–Crippen MR) is 94.9 cm³/mol. The summed E-state index contributed by atoms with van der Waals surface area (Å²) in [5.41, 5.74) is 2.67. The van der Waals surface area contributed by atoms with Gasteiger partial charge < -0.3 is 9.80 Å². The summed E-state index contributed by atoms with van der Waals surface area (Å²) < 4.78 is 0. The van der Waals surface area contributed by atoms with E-state index in [-0.39, 0.29) is 0 Å². The minimum Gasteiger partial charge on any atom is -0.369 e. The highest BCUT2D eigenvalue weighted by Crippen LogP contribution is 2.21. The third kappa shape index (κ3) is 3.86. The molecule has 2 aliphatic heterocycles. The maximum atomic E-state index is 12.6. The quantitative estimate of drug-likeness (QED) is 0.857. The van der Waals surface area contributed by atoms with Gasteiger partial charge in [0, 0.05) is 44.5 Å². The molecule has 3 rings (SSSR count). The van der Waals surface area contributed by atoms with Crippen molar-refractivity contribution in [3.8, 4) is 0 Å². The number of carbonyl (C=O) groups is 1. The number of benzene rings is 1. The smallest absolute Gasteiger partial charge is 0.236 e. The Morgan fingerprint density at radius 2 is 1.83 bits per heavy atom. The van der Waals surface area contributed by atoms with Crippen LogP contribution in [0.15, 0.2) is 24.3 Å². The Kier molecular flexibility index (Phi) is 5.21. The van der Waals surface area contributed by atoms with Gasteiger partial charge in [-0.3, -0.25) is 9.69 Å². The minimum absolute atomic E-state index is 0.321. The number of hydrogen-bond acceptors (Lipinski definition) is 3. The van der Waals surface area contributed by atoms with Crippen molar-refractivity contribution in [3.05, 3.63) is 29.8 Å². The number of amides is 1. The molecule has 1 aromatic carbocycles. The van der Waals surface area contributed by atoms with E-state index in [0.717, 1.165) is 45.6 Å². The van der Waals surface area contributed by atoms with Gasteiger partial charge in [0.05, 0.1) is 6.54 Å². The van der Waals surface area contributed by atoms with Crippen molar-refractivity contribution in [1.29, 1.82) is 0 Å². The largest absolute Gasteiger partial charge is 0.369 e. The fraction of sp³-hybridized carbons (Fsp3) is 0.632. The third-order valence-corrected chi connectivity index (χ3v) is 5.31. The van der Waals surface area contributed by atoms with Crippen molar-refractivity contribution in [2.45, 2.75) is 39.2 Å². The molecule has 4 nitrogen and oxygen atoms in total. The van der Waals surface area contributed by atoms with Gasteiger partial charge in [-0.15, -0.1) is 0 Å². The molecule has 2 fully saturated rings. The first kappa shape index (κ1) is 16.3. The monoisotopic (exact) mass is 315 g/mol. The van der Waals surface area contributed by atoms with E-state index in [1.54, 1.807) is 0 Å². The molecule has 2 heterocycles. The zero-order valence-electron chi connectivity index (χ0n) is 14.5. The number of anilines is 1. The fourth-order valence-corrected chi connectivity index (χ4v) is 3.82. The van der Waals surface area contributed by atoms with Gasteiger partial charge in [-0.2, -0.15) is 0 Å². The van der Waals surface area contributed by atoms with Crippen LogP contribution in [0.2, 0.25) is 0 Å². The zero-order valence-corrected chi connectivity index (χ0v) is 14.5. The van der Waals surface area contributed by atoms with Crippen LogP contribution in [0.25, 0.3) is 0 Å². The van der Waals surface area contributed by atoms with Gasteiger partial charge in [0.1, 0.15) is 0 Å². The van der Waals surface area contributed by atoms with Crippen LogP contribution in [-0.4, -0.2) is 61.0 Å². The van der Waals surface area contributed by atoms with Crippen LogP contribution in [-0.2, 0) is 4.79 Å². The summed E-state index contributed by atoms with van der Waals surface area (Å²) in [6, 6.07) is 8.99. The minimum atomic E-state index is 0.321. The first-order valence-corrected chi connectivity index (χ1v) is 8.97. The molecule has 1 atom stereocenters. The molecule has 126 valence electrons. The van der Waals surface area contributed by atoms with Crippen LogP contribution < -0.4 is 4.90 Å². The van der Waals surface area contributed by atoms with Crippen LogP contribution >= 0.6 is 0 Å². The molecular formula is C19H29N3O. The molecule has 1 aromatic rings. The van der Waals surface area contributed by atoms with Crippen molar-refractivity contribution >= 4 is 11.6 Å². The molecule has 4 heteroatoms. The van der Waals surface area contributed by atoms with E-state index in [1.807, 2.05) is 0 Å². The van der Waals surface area contributed by atoms with Gasteiger partial charge in [-0.1, -0.05) is 18.2 Å². The Balaban J connectivity index is 1.51. The second-order valence-corrected chi connectivity index (χ2v) is 6.98. The highest BCUT2D eigenvalue weighted by molar-refractivity contribution is 5.78. The molecular weight excluding hydrogens is 286 g/mol. The van der Waals surface area contributed by atoms with E-state index in [1.165, 1.54) is 17.7 Å². The first-order valence-electron chi connectivity index (χ1n) is 8.97. The van der Waals surface area contributed by atoms with Crippen molar-refractivity contribution in [2.75, 3.05) is 44.2 Å². The molecule has 0 N–H and O–H groups in total. The number of nitrogens with zero attached hydrogens (tertiary/aromatic N) is 3. The van der Waals surface area contributed by atoms with Gasteiger partial charge >= 0.3 is 0 Å². The number of likely N-dealkylation sites (tertiary alicyclic amines) is 1. The fourth-order valence-electron chi connectivity index (χ4n) is 3.82. The molecule has 0 aromatic heterocycles. The second kappa shape index (κ2) is 7.35. The third-order valence-electron chi connectivity index (χ3n) is 5.31. The van der Waals surface area contributed by atoms with E-state index in [9.17, 15) is 4.79 Å². The molecule has 0 aliphatic carbocycles. The number of para-hydroxylation sites is 1. The Labute approximate surface area is 140 Å². The summed E-state index contributed by atoms with van der Waals surface area (Å²) in [5.74, 6) is 0.321. The van der Waals surface area contributed by atoms with Crippen molar-refractivity contribution < 1.29 is 4.79 Å². The Morgan fingerprint density at radius 3 is 2.52 bits per heavy atom. The van der Waals surface area contributed by atoms with E-state index < -0.39 is 0 Å². The summed E-state index contributed by atoms with van der Waals surface area (Å²) in [5, 5.41) is 0. The number of hydrogen-bond donors (Lipinski definition) is 0. The predicted octanol–water partition coefficient (Wildman–Crippen LogP) is 2.52. The molecule has 0 bridgehead atoms. The van der Waals surface area contributed by atoms with Crippen LogP contribution in [0.3, 0.4) is 0 Å². The first-order chi connectivity index (χ1) is 11.1. The molecule has 2 saturated heterocycles. The average molecular weight is 315 g/mol. The van der Waals surface area contributed by atoms with Crippen molar-refractivity contribution in [2.24, 2.45) is 0 Å². The summed E-state index contributed by atoms with van der Waals surface area (Å²) >= 11 is 0. The maximum Gasteiger partial charge on any atom is 0.236 e. The zero-order chi connectivity index (χ0) is 16.2. The Morgan fingerprint density at radius 1 is 1.09 bits per heavy atom. The van der Waals surface area contributed by atoms with Gasteiger partial charge in [0.25, 0.3) is 0 Å². The van der Waals surface area contributed by atoms with Gasteiger partial charge in [-0.05, 0) is 44.7 Å². The number of rotatable bonds is 3. The summed E-state index contributed by atoms with van der Waals surface area (Å²) in [7, 11) is 0. The number of piperazine rings is 1. The molecule has 0 radical (unpaired) electrons. The Bertz CT molecular complexity index is 537. The van der Waals surface area contributed by atoms with Crippen molar-refractivity contribution in [3.63, 3.8) is 0 Å². The lowest BCUT2D eigenvalue weighted by atomic mass is 10.0. The van der Waals surface area contributed by atoms with E-state index in [2.05, 4.69) is 52.8 Å². The molecule has 1 amide bonds. The van der Waals surface area contributed by atoms with Gasteiger partial charge in [0.15, 0.2) is 0 Å². The number of piperidine rings is 1. The Hall–Kier alpha value is -1.55. The molecule has 0 unspecified atom stereocenters. The van der Waals surface area contributed by atoms with Gasteiger partial charge in [-0.25, -0.2) is 0 Å². The van der Waals surface area contributed by atoms with Gasteiger partial charge in [0.2, 0.25) is 5.91 Å².